The minimum absolute atomic E-state index is 0.208. The van der Waals surface area contributed by atoms with Gasteiger partial charge in [0.2, 0.25) is 0 Å². The van der Waals surface area contributed by atoms with Gasteiger partial charge in [-0.05, 0) is 30.5 Å². The molecule has 0 bridgehead atoms. The topological polar surface area (TPSA) is 50.1 Å². The third-order valence-electron chi connectivity index (χ3n) is 4.03. The fraction of sp³-hybridized carbons (Fsp3) is 0.438. The molecule has 0 unspecified atom stereocenters. The van der Waals surface area contributed by atoms with E-state index in [-0.39, 0.29) is 12.1 Å². The van der Waals surface area contributed by atoms with Crippen molar-refractivity contribution in [3.63, 3.8) is 0 Å². The average Bonchev–Trinajstić information content (AvgIpc) is 3.01. The van der Waals surface area contributed by atoms with Gasteiger partial charge in [0.15, 0.2) is 0 Å². The molecule has 1 heterocycles. The molecular formula is C16H21N3O. The number of aromatic nitrogens is 2. The highest BCUT2D eigenvalue weighted by Crippen LogP contribution is 2.20. The summed E-state index contributed by atoms with van der Waals surface area (Å²) in [6.45, 7) is 0.762. The lowest BCUT2D eigenvalue weighted by molar-refractivity contribution is 0.0902. The van der Waals surface area contributed by atoms with Crippen LogP contribution in [-0.2, 0) is 6.54 Å². The quantitative estimate of drug-likeness (QED) is 0.897. The molecule has 1 saturated carbocycles. The van der Waals surface area contributed by atoms with Crippen molar-refractivity contribution in [2.75, 3.05) is 0 Å². The van der Waals surface area contributed by atoms with Crippen molar-refractivity contribution in [2.24, 2.45) is 0 Å². The van der Waals surface area contributed by atoms with Crippen molar-refractivity contribution in [3.05, 3.63) is 48.3 Å². The second-order valence-electron chi connectivity index (χ2n) is 5.42. The second kappa shape index (κ2) is 6.20. The Hall–Kier alpha value is -1.65. The van der Waals surface area contributed by atoms with E-state index in [9.17, 15) is 5.11 Å². The summed E-state index contributed by atoms with van der Waals surface area (Å²) in [6.07, 6.45) is 7.85. The lowest BCUT2D eigenvalue weighted by Crippen LogP contribution is -2.41. The van der Waals surface area contributed by atoms with Crippen LogP contribution in [0.3, 0.4) is 0 Å². The van der Waals surface area contributed by atoms with Crippen LogP contribution in [0.4, 0.5) is 0 Å². The summed E-state index contributed by atoms with van der Waals surface area (Å²) in [5.41, 5.74) is 2.30. The summed E-state index contributed by atoms with van der Waals surface area (Å²) in [5, 5.41) is 17.8. The largest absolute Gasteiger partial charge is 0.392 e. The van der Waals surface area contributed by atoms with E-state index >= 15 is 0 Å². The molecule has 2 N–H and O–H groups in total. The Morgan fingerprint density at radius 2 is 2.05 bits per heavy atom. The highest BCUT2D eigenvalue weighted by atomic mass is 16.3. The van der Waals surface area contributed by atoms with Gasteiger partial charge in [0.25, 0.3) is 0 Å². The van der Waals surface area contributed by atoms with Crippen molar-refractivity contribution in [1.82, 2.24) is 15.1 Å². The van der Waals surface area contributed by atoms with Gasteiger partial charge in [-0.1, -0.05) is 31.0 Å². The first kappa shape index (κ1) is 13.3. The molecule has 0 spiro atoms. The fourth-order valence-corrected chi connectivity index (χ4v) is 2.89. The number of hydrogen-bond acceptors (Lipinski definition) is 3. The third-order valence-corrected chi connectivity index (χ3v) is 4.03. The van der Waals surface area contributed by atoms with E-state index in [0.717, 1.165) is 31.5 Å². The number of hydrogen-bond donors (Lipinski definition) is 2. The van der Waals surface area contributed by atoms with Gasteiger partial charge in [0, 0.05) is 25.0 Å². The molecule has 3 rings (SSSR count). The molecule has 1 aromatic heterocycles. The SMILES string of the molecule is O[C@@H]1CCCC[C@H]1NCc1ccccc1-n1cccn1. The molecule has 1 aliphatic rings. The molecule has 0 radical (unpaired) electrons. The Morgan fingerprint density at radius 1 is 1.20 bits per heavy atom. The van der Waals surface area contributed by atoms with E-state index in [1.165, 1.54) is 12.0 Å². The van der Waals surface area contributed by atoms with Crippen molar-refractivity contribution in [1.29, 1.82) is 0 Å². The normalized spacial score (nSPS) is 22.9. The molecule has 4 nitrogen and oxygen atoms in total. The summed E-state index contributed by atoms with van der Waals surface area (Å²) in [4.78, 5) is 0. The van der Waals surface area contributed by atoms with E-state index in [1.807, 2.05) is 29.1 Å². The first-order valence-corrected chi connectivity index (χ1v) is 7.34. The highest BCUT2D eigenvalue weighted by molar-refractivity contribution is 5.40. The Balaban J connectivity index is 1.71. The first-order chi connectivity index (χ1) is 9.84. The zero-order chi connectivity index (χ0) is 13.8. The van der Waals surface area contributed by atoms with E-state index < -0.39 is 0 Å². The van der Waals surface area contributed by atoms with E-state index in [0.29, 0.717) is 0 Å². The van der Waals surface area contributed by atoms with Crippen LogP contribution in [0.15, 0.2) is 42.7 Å². The predicted molar refractivity (Wildman–Crippen MR) is 78.7 cm³/mol. The Kier molecular flexibility index (Phi) is 4.14. The number of rotatable bonds is 4. The molecule has 1 fully saturated rings. The van der Waals surface area contributed by atoms with E-state index in [1.54, 1.807) is 6.20 Å². The van der Waals surface area contributed by atoms with Gasteiger partial charge in [0.1, 0.15) is 0 Å². The number of nitrogens with zero attached hydrogens (tertiary/aromatic N) is 2. The van der Waals surface area contributed by atoms with Crippen LogP contribution in [0, 0.1) is 0 Å². The maximum atomic E-state index is 10.0. The Morgan fingerprint density at radius 3 is 2.85 bits per heavy atom. The van der Waals surface area contributed by atoms with Gasteiger partial charge in [-0.15, -0.1) is 0 Å². The van der Waals surface area contributed by atoms with Gasteiger partial charge in [-0.2, -0.15) is 5.10 Å². The summed E-state index contributed by atoms with van der Waals surface area (Å²) in [5.74, 6) is 0. The maximum Gasteiger partial charge on any atom is 0.0693 e. The van der Waals surface area contributed by atoms with Gasteiger partial charge in [0.05, 0.1) is 11.8 Å². The molecule has 0 aliphatic heterocycles. The molecular weight excluding hydrogens is 250 g/mol. The number of aliphatic hydroxyl groups excluding tert-OH is 1. The minimum atomic E-state index is -0.208. The smallest absolute Gasteiger partial charge is 0.0693 e. The monoisotopic (exact) mass is 271 g/mol. The molecule has 0 amide bonds. The lowest BCUT2D eigenvalue weighted by Gasteiger charge is -2.28. The van der Waals surface area contributed by atoms with Crippen LogP contribution >= 0.6 is 0 Å². The number of benzene rings is 1. The molecule has 0 saturated heterocycles. The standard InChI is InChI=1S/C16H21N3O/c20-16-9-4-2-7-14(16)17-12-13-6-1-3-8-15(13)19-11-5-10-18-19/h1,3,5-6,8,10-11,14,16-17,20H,2,4,7,9,12H2/t14-,16-/m1/s1. The molecule has 1 aromatic carbocycles. The molecule has 4 heteroatoms. The Labute approximate surface area is 119 Å². The predicted octanol–water partition coefficient (Wildman–Crippen LogP) is 2.27. The zero-order valence-corrected chi connectivity index (χ0v) is 11.6. The highest BCUT2D eigenvalue weighted by Gasteiger charge is 2.22. The van der Waals surface area contributed by atoms with Gasteiger partial charge in [-0.3, -0.25) is 0 Å². The summed E-state index contributed by atoms with van der Waals surface area (Å²) >= 11 is 0. The van der Waals surface area contributed by atoms with Gasteiger partial charge >= 0.3 is 0 Å². The maximum absolute atomic E-state index is 10.0. The molecule has 2 aromatic rings. The van der Waals surface area contributed by atoms with Crippen LogP contribution in [-0.4, -0.2) is 27.0 Å². The lowest BCUT2D eigenvalue weighted by atomic mass is 9.92. The van der Waals surface area contributed by atoms with Gasteiger partial charge < -0.3 is 10.4 Å². The van der Waals surface area contributed by atoms with E-state index in [2.05, 4.69) is 22.5 Å². The van der Waals surface area contributed by atoms with E-state index in [4.69, 9.17) is 0 Å². The van der Waals surface area contributed by atoms with Crippen LogP contribution in [0.1, 0.15) is 31.2 Å². The summed E-state index contributed by atoms with van der Waals surface area (Å²) in [6, 6.07) is 10.4. The van der Waals surface area contributed by atoms with Crippen LogP contribution in [0.5, 0.6) is 0 Å². The van der Waals surface area contributed by atoms with Crippen molar-refractivity contribution >= 4 is 0 Å². The Bertz CT molecular complexity index is 538. The zero-order valence-electron chi connectivity index (χ0n) is 11.6. The molecule has 20 heavy (non-hydrogen) atoms. The number of nitrogens with one attached hydrogen (secondary N) is 1. The first-order valence-electron chi connectivity index (χ1n) is 7.34. The number of aliphatic hydroxyl groups is 1. The van der Waals surface area contributed by atoms with Crippen LogP contribution in [0.25, 0.3) is 5.69 Å². The molecule has 106 valence electrons. The van der Waals surface area contributed by atoms with Crippen LogP contribution < -0.4 is 5.32 Å². The van der Waals surface area contributed by atoms with Crippen molar-refractivity contribution < 1.29 is 5.11 Å². The minimum Gasteiger partial charge on any atom is -0.392 e. The van der Waals surface area contributed by atoms with Crippen molar-refractivity contribution in [3.8, 4) is 5.69 Å². The number of para-hydroxylation sites is 1. The average molecular weight is 271 g/mol. The fourth-order valence-electron chi connectivity index (χ4n) is 2.89. The second-order valence-corrected chi connectivity index (χ2v) is 5.42. The third kappa shape index (κ3) is 2.92. The molecule has 2 atom stereocenters. The molecule has 1 aliphatic carbocycles. The van der Waals surface area contributed by atoms with Crippen LogP contribution in [0.2, 0.25) is 0 Å². The van der Waals surface area contributed by atoms with Gasteiger partial charge in [-0.25, -0.2) is 4.68 Å². The van der Waals surface area contributed by atoms with Crippen molar-refractivity contribution in [2.45, 2.75) is 44.4 Å². The summed E-state index contributed by atoms with van der Waals surface area (Å²) < 4.78 is 1.88. The summed E-state index contributed by atoms with van der Waals surface area (Å²) in [7, 11) is 0.